The van der Waals surface area contributed by atoms with E-state index in [2.05, 4.69) is 167 Å². The number of rotatable bonds is 6. The van der Waals surface area contributed by atoms with E-state index in [1.807, 2.05) is 0 Å². The number of hydrogen-bond donors (Lipinski definition) is 1. The smallest absolute Gasteiger partial charge is 0.166 e. The first-order valence-corrected chi connectivity index (χ1v) is 21.0. The summed E-state index contributed by atoms with van der Waals surface area (Å²) in [4.78, 5) is 10.6. The molecule has 0 fully saturated rings. The lowest BCUT2D eigenvalue weighted by Crippen LogP contribution is -2.38. The number of aryl methyl sites for hydroxylation is 1. The highest BCUT2D eigenvalue weighted by molar-refractivity contribution is 6.16. The first-order chi connectivity index (χ1) is 28.2. The van der Waals surface area contributed by atoms with Crippen molar-refractivity contribution in [1.29, 1.82) is 0 Å². The molecule has 11 rings (SSSR count). The molecule has 5 nitrogen and oxygen atoms in total. The molecule has 1 N–H and O–H groups in total. The van der Waals surface area contributed by atoms with Crippen LogP contribution >= 0.6 is 0 Å². The minimum atomic E-state index is -0.292. The van der Waals surface area contributed by atoms with Crippen LogP contribution in [0.3, 0.4) is 0 Å². The fourth-order valence-electron chi connectivity index (χ4n) is 9.95. The van der Waals surface area contributed by atoms with Crippen molar-refractivity contribution < 1.29 is 0 Å². The number of hydrogen-bond acceptors (Lipinski definition) is 3. The molecule has 0 bridgehead atoms. The minimum Gasteiger partial charge on any atom is -0.325 e. The van der Waals surface area contributed by atoms with Gasteiger partial charge in [0, 0.05) is 50.6 Å². The topological polar surface area (TPSA) is 46.6 Å². The van der Waals surface area contributed by atoms with E-state index in [4.69, 9.17) is 9.98 Å². The number of fused-ring (bicyclic) bond motifs is 6. The van der Waals surface area contributed by atoms with Crippen LogP contribution in [0.4, 0.5) is 0 Å². The van der Waals surface area contributed by atoms with Crippen LogP contribution < -0.4 is 5.32 Å². The first-order valence-electron chi connectivity index (χ1n) is 21.0. The number of benzene rings is 3. The predicted molar refractivity (Wildman–Crippen MR) is 239 cm³/mol. The maximum Gasteiger partial charge on any atom is 0.166 e. The highest BCUT2D eigenvalue weighted by atomic mass is 15.2. The van der Waals surface area contributed by atoms with E-state index in [-0.39, 0.29) is 12.1 Å². The third kappa shape index (κ3) is 5.82. The lowest BCUT2D eigenvalue weighted by atomic mass is 9.83. The quantitative estimate of drug-likeness (QED) is 0.185. The Balaban J connectivity index is 1.07. The van der Waals surface area contributed by atoms with Gasteiger partial charge in [0.15, 0.2) is 6.17 Å². The Kier molecular flexibility index (Phi) is 8.41. The van der Waals surface area contributed by atoms with Gasteiger partial charge in [-0.2, -0.15) is 0 Å². The predicted octanol–water partition coefficient (Wildman–Crippen LogP) is 12.2. The van der Waals surface area contributed by atoms with Gasteiger partial charge < -0.3 is 14.5 Å². The summed E-state index contributed by atoms with van der Waals surface area (Å²) < 4.78 is 5.13. The van der Waals surface area contributed by atoms with Crippen molar-refractivity contribution in [3.8, 4) is 0 Å². The van der Waals surface area contributed by atoms with Gasteiger partial charge in [0.05, 0.1) is 11.0 Å². The molecule has 0 saturated heterocycles. The molecule has 0 amide bonds. The average Bonchev–Trinajstić information content (AvgIpc) is 3.81. The number of allylic oxidation sites excluding steroid dienone is 12. The zero-order chi connectivity index (χ0) is 37.9. The fourth-order valence-corrected chi connectivity index (χ4v) is 9.95. The summed E-state index contributed by atoms with van der Waals surface area (Å²) in [6.45, 7) is 2.30. The van der Waals surface area contributed by atoms with Gasteiger partial charge in [-0.25, -0.2) is 9.98 Å². The normalized spacial score (nSPS) is 22.6. The summed E-state index contributed by atoms with van der Waals surface area (Å²) in [6.07, 6.45) is 35.9. The van der Waals surface area contributed by atoms with Crippen LogP contribution in [0.15, 0.2) is 155 Å². The Hall–Kier alpha value is -6.20. The number of aromatic nitrogens is 2. The largest absolute Gasteiger partial charge is 0.325 e. The number of aliphatic imine (C=N–C) groups is 2. The minimum absolute atomic E-state index is 0.194. The van der Waals surface area contributed by atoms with Gasteiger partial charge in [-0.3, -0.25) is 0 Å². The molecule has 57 heavy (non-hydrogen) atoms. The van der Waals surface area contributed by atoms with E-state index in [0.29, 0.717) is 5.92 Å². The first kappa shape index (κ1) is 34.1. The van der Waals surface area contributed by atoms with Crippen molar-refractivity contribution in [3.63, 3.8) is 0 Å². The monoisotopic (exact) mass is 741 g/mol. The molecule has 3 aromatic carbocycles. The molecule has 6 aliphatic rings. The summed E-state index contributed by atoms with van der Waals surface area (Å²) in [5.74, 6) is 2.60. The molecule has 5 aromatic rings. The maximum absolute atomic E-state index is 5.34. The van der Waals surface area contributed by atoms with Crippen LogP contribution in [-0.4, -0.2) is 27.0 Å². The van der Waals surface area contributed by atoms with E-state index in [0.717, 1.165) is 68.6 Å². The van der Waals surface area contributed by atoms with Crippen molar-refractivity contribution in [2.24, 2.45) is 15.9 Å². The summed E-state index contributed by atoms with van der Waals surface area (Å²) in [6, 6.07) is 26.6. The molecule has 0 spiro atoms. The van der Waals surface area contributed by atoms with Crippen molar-refractivity contribution in [2.75, 3.05) is 0 Å². The fraction of sp³-hybridized carbons (Fsp3) is 0.231. The molecule has 0 radical (unpaired) electrons. The Morgan fingerprint density at radius 2 is 1.56 bits per heavy atom. The van der Waals surface area contributed by atoms with E-state index in [9.17, 15) is 0 Å². The third-order valence-corrected chi connectivity index (χ3v) is 12.7. The molecule has 1 aliphatic heterocycles. The summed E-state index contributed by atoms with van der Waals surface area (Å²) in [7, 11) is 0. The number of nitrogens with one attached hydrogen (secondary N) is 1. The number of amidine groups is 2. The zero-order valence-electron chi connectivity index (χ0n) is 32.5. The second-order valence-electron chi connectivity index (χ2n) is 16.3. The Morgan fingerprint density at radius 1 is 0.702 bits per heavy atom. The van der Waals surface area contributed by atoms with Gasteiger partial charge in [0.1, 0.15) is 11.7 Å². The van der Waals surface area contributed by atoms with Gasteiger partial charge in [-0.15, -0.1) is 0 Å². The molecule has 3 heterocycles. The highest BCUT2D eigenvalue weighted by Gasteiger charge is 2.32. The molecular weight excluding hydrogens is 695 g/mol. The van der Waals surface area contributed by atoms with E-state index in [1.54, 1.807) is 0 Å². The van der Waals surface area contributed by atoms with Gasteiger partial charge in [0.25, 0.3) is 0 Å². The van der Waals surface area contributed by atoms with E-state index in [1.165, 1.54) is 72.4 Å². The van der Waals surface area contributed by atoms with Crippen LogP contribution in [0.5, 0.6) is 0 Å². The second kappa shape index (κ2) is 14.1. The number of para-hydroxylation sites is 1. The summed E-state index contributed by atoms with van der Waals surface area (Å²) in [5, 5.41) is 6.37. The third-order valence-electron chi connectivity index (χ3n) is 12.7. The van der Waals surface area contributed by atoms with Gasteiger partial charge in [0.2, 0.25) is 0 Å². The SMILES string of the molecule is CC1C=CC(n2c3c(c4c(C5CC=Cc6c5n(C5=CCCC(C7N=C(C8=CC=CCC8)NC(c8ccccc8)=N7)=C5)c5ccccc65)cccc42)CCC=C3)=CC1. The van der Waals surface area contributed by atoms with Crippen LogP contribution in [0, 0.1) is 5.92 Å². The maximum atomic E-state index is 5.34. The van der Waals surface area contributed by atoms with Crippen LogP contribution in [-0.2, 0) is 6.42 Å². The second-order valence-corrected chi connectivity index (χ2v) is 16.3. The molecule has 280 valence electrons. The molecule has 5 heteroatoms. The van der Waals surface area contributed by atoms with Gasteiger partial charge in [-0.1, -0.05) is 122 Å². The van der Waals surface area contributed by atoms with E-state index >= 15 is 0 Å². The van der Waals surface area contributed by atoms with Crippen LogP contribution in [0.25, 0.3) is 45.4 Å². The van der Waals surface area contributed by atoms with Crippen LogP contribution in [0.2, 0.25) is 0 Å². The molecule has 5 aliphatic carbocycles. The molecule has 3 atom stereocenters. The lowest BCUT2D eigenvalue weighted by molar-refractivity contribution is 0.731. The summed E-state index contributed by atoms with van der Waals surface area (Å²) >= 11 is 0. The lowest BCUT2D eigenvalue weighted by Gasteiger charge is -2.28. The Morgan fingerprint density at radius 3 is 2.44 bits per heavy atom. The summed E-state index contributed by atoms with van der Waals surface area (Å²) in [5.41, 5.74) is 15.7. The molecule has 3 unspecified atom stereocenters. The molecule has 2 aromatic heterocycles. The Labute approximate surface area is 334 Å². The van der Waals surface area contributed by atoms with Crippen LogP contribution in [0.1, 0.15) is 91.4 Å². The van der Waals surface area contributed by atoms with E-state index < -0.39 is 0 Å². The average molecular weight is 742 g/mol. The van der Waals surface area contributed by atoms with Crippen molar-refractivity contribution in [2.45, 2.75) is 70.4 Å². The zero-order valence-corrected chi connectivity index (χ0v) is 32.5. The van der Waals surface area contributed by atoms with Crippen molar-refractivity contribution in [1.82, 2.24) is 14.5 Å². The Bertz CT molecular complexity index is 2780. The van der Waals surface area contributed by atoms with Crippen molar-refractivity contribution >= 4 is 57.0 Å². The number of nitrogens with zero attached hydrogens (tertiary/aromatic N) is 4. The molecular formula is C52H47N5. The highest BCUT2D eigenvalue weighted by Crippen LogP contribution is 2.47. The van der Waals surface area contributed by atoms with Crippen molar-refractivity contribution in [3.05, 3.63) is 178 Å². The molecule has 0 saturated carbocycles. The van der Waals surface area contributed by atoms with Gasteiger partial charge >= 0.3 is 0 Å². The van der Waals surface area contributed by atoms with Gasteiger partial charge in [-0.05, 0) is 110 Å². The standard InChI is InChI=1S/C52H47N5/c1-34-29-31-38(32-30-34)56-46-27-11-9-22-44(46)48-41(23-14-28-47(48)56)43-25-13-24-42-40-21-8-10-26-45(40)57(49(42)43)39-20-12-19-37(33-39)52-54-50(35-15-4-2-5-16-35)53-51(55-52)36-17-6-3-7-18-36/h2-6,8,10-11,13-17,20-21,23-24,26-29,31-34,43,52H,7,9,12,18-19,22,25,30H2,1H3,(H,53,54,55).